The Morgan fingerprint density at radius 3 is 2.56 bits per heavy atom. The second-order valence-corrected chi connectivity index (χ2v) is 8.21. The van der Waals surface area contributed by atoms with Crippen molar-refractivity contribution in [3.05, 3.63) is 70.8 Å². The Morgan fingerprint density at radius 1 is 1.11 bits per heavy atom. The standard InChI is InChI=1S/C20H25ClN6/c1-15(19-23-24-25-27(19)20(2,3)4)26(13-16-8-7-11-22-12-16)14-17-9-5-6-10-18(17)21/h5-12,15H,13-14H2,1-4H3/p+1/t15-/m0/s1. The van der Waals surface area contributed by atoms with Crippen LogP contribution in [0.3, 0.4) is 0 Å². The predicted molar refractivity (Wildman–Crippen MR) is 105 cm³/mol. The third-order valence-electron chi connectivity index (χ3n) is 4.66. The average Bonchev–Trinajstić information content (AvgIpc) is 3.13. The second kappa shape index (κ2) is 8.15. The monoisotopic (exact) mass is 385 g/mol. The van der Waals surface area contributed by atoms with E-state index in [0.717, 1.165) is 29.5 Å². The Hall–Kier alpha value is -2.31. The van der Waals surface area contributed by atoms with Gasteiger partial charge in [0.05, 0.1) is 5.54 Å². The number of pyridine rings is 1. The number of benzene rings is 1. The first kappa shape index (κ1) is 19.5. The maximum atomic E-state index is 6.43. The third kappa shape index (κ3) is 4.70. The predicted octanol–water partition coefficient (Wildman–Crippen LogP) is 2.82. The third-order valence-corrected chi connectivity index (χ3v) is 5.03. The molecule has 6 nitrogen and oxygen atoms in total. The normalized spacial score (nSPS) is 14.1. The summed E-state index contributed by atoms with van der Waals surface area (Å²) in [6.45, 7) is 10.1. The van der Waals surface area contributed by atoms with Crippen LogP contribution in [0.15, 0.2) is 48.8 Å². The van der Waals surface area contributed by atoms with Gasteiger partial charge in [-0.3, -0.25) is 4.98 Å². The zero-order valence-corrected chi connectivity index (χ0v) is 17.0. The van der Waals surface area contributed by atoms with Crippen LogP contribution in [0.2, 0.25) is 5.02 Å². The number of nitrogens with zero attached hydrogens (tertiary/aromatic N) is 5. The first-order chi connectivity index (χ1) is 12.9. The van der Waals surface area contributed by atoms with Crippen LogP contribution in [0.5, 0.6) is 0 Å². The summed E-state index contributed by atoms with van der Waals surface area (Å²) in [6.07, 6.45) is 3.70. The number of aromatic nitrogens is 5. The molecule has 3 rings (SSSR count). The lowest BCUT2D eigenvalue weighted by atomic mass is 10.1. The van der Waals surface area contributed by atoms with Crippen molar-refractivity contribution in [1.82, 2.24) is 25.2 Å². The molecule has 0 saturated carbocycles. The van der Waals surface area contributed by atoms with Gasteiger partial charge in [-0.2, -0.15) is 0 Å². The van der Waals surface area contributed by atoms with Crippen LogP contribution in [0.4, 0.5) is 0 Å². The maximum absolute atomic E-state index is 6.43. The van der Waals surface area contributed by atoms with Crippen molar-refractivity contribution in [3.63, 3.8) is 0 Å². The van der Waals surface area contributed by atoms with Crippen LogP contribution in [-0.2, 0) is 18.6 Å². The zero-order chi connectivity index (χ0) is 19.4. The molecule has 0 amide bonds. The molecule has 0 aliphatic heterocycles. The highest BCUT2D eigenvalue weighted by atomic mass is 35.5. The van der Waals surface area contributed by atoms with Gasteiger partial charge < -0.3 is 4.90 Å². The molecule has 0 radical (unpaired) electrons. The Bertz CT molecular complexity index is 871. The largest absolute Gasteiger partial charge is 0.319 e. The quantitative estimate of drug-likeness (QED) is 0.708. The van der Waals surface area contributed by atoms with Crippen molar-refractivity contribution in [1.29, 1.82) is 0 Å². The van der Waals surface area contributed by atoms with Gasteiger partial charge in [-0.15, -0.1) is 5.10 Å². The summed E-state index contributed by atoms with van der Waals surface area (Å²) in [5.41, 5.74) is 2.09. The molecule has 27 heavy (non-hydrogen) atoms. The van der Waals surface area contributed by atoms with E-state index in [2.05, 4.69) is 60.3 Å². The van der Waals surface area contributed by atoms with Crippen molar-refractivity contribution >= 4 is 11.6 Å². The van der Waals surface area contributed by atoms with Gasteiger partial charge in [0, 0.05) is 28.5 Å². The van der Waals surface area contributed by atoms with E-state index < -0.39 is 0 Å². The van der Waals surface area contributed by atoms with E-state index in [1.54, 1.807) is 6.20 Å². The molecule has 0 spiro atoms. The van der Waals surface area contributed by atoms with E-state index in [-0.39, 0.29) is 11.6 Å². The molecule has 0 aliphatic rings. The van der Waals surface area contributed by atoms with E-state index >= 15 is 0 Å². The van der Waals surface area contributed by atoms with Crippen LogP contribution in [0, 0.1) is 0 Å². The van der Waals surface area contributed by atoms with Gasteiger partial charge in [-0.05, 0) is 50.3 Å². The van der Waals surface area contributed by atoms with E-state index in [1.807, 2.05) is 35.1 Å². The smallest absolute Gasteiger partial charge is 0.209 e. The topological polar surface area (TPSA) is 60.9 Å². The molecule has 7 heteroatoms. The lowest BCUT2D eigenvalue weighted by molar-refractivity contribution is -0.957. The molecule has 142 valence electrons. The van der Waals surface area contributed by atoms with Gasteiger partial charge in [0.15, 0.2) is 0 Å². The number of hydrogen-bond acceptors (Lipinski definition) is 4. The van der Waals surface area contributed by atoms with Gasteiger partial charge in [-0.25, -0.2) is 4.68 Å². The minimum atomic E-state index is -0.184. The number of rotatable bonds is 6. The van der Waals surface area contributed by atoms with Crippen LogP contribution < -0.4 is 4.90 Å². The molecule has 3 aromatic rings. The van der Waals surface area contributed by atoms with Crippen LogP contribution in [-0.4, -0.2) is 25.2 Å². The summed E-state index contributed by atoms with van der Waals surface area (Å²) in [4.78, 5) is 5.56. The van der Waals surface area contributed by atoms with Crippen molar-refractivity contribution in [2.75, 3.05) is 0 Å². The van der Waals surface area contributed by atoms with Crippen molar-refractivity contribution in [2.24, 2.45) is 0 Å². The Morgan fingerprint density at radius 2 is 1.89 bits per heavy atom. The zero-order valence-electron chi connectivity index (χ0n) is 16.2. The van der Waals surface area contributed by atoms with Gasteiger partial charge >= 0.3 is 0 Å². The highest BCUT2D eigenvalue weighted by Gasteiger charge is 2.30. The van der Waals surface area contributed by atoms with Crippen molar-refractivity contribution in [2.45, 2.75) is 52.4 Å². The number of quaternary nitrogens is 1. The summed E-state index contributed by atoms with van der Waals surface area (Å²) in [5.74, 6) is 0.869. The fourth-order valence-corrected chi connectivity index (χ4v) is 3.35. The Kier molecular flexibility index (Phi) is 5.87. The SMILES string of the molecule is C[C@@H](c1nnnn1C(C)(C)C)[NH+](Cc1cccnc1)Cc1ccccc1Cl. The molecule has 0 saturated heterocycles. The van der Waals surface area contributed by atoms with Gasteiger partial charge in [0.1, 0.15) is 19.1 Å². The highest BCUT2D eigenvalue weighted by molar-refractivity contribution is 6.31. The van der Waals surface area contributed by atoms with E-state index in [4.69, 9.17) is 11.6 Å². The molecule has 1 aromatic carbocycles. The van der Waals surface area contributed by atoms with E-state index in [0.29, 0.717) is 0 Å². The molecular formula is C20H26ClN6+. The van der Waals surface area contributed by atoms with E-state index in [9.17, 15) is 0 Å². The van der Waals surface area contributed by atoms with Gasteiger partial charge in [0.2, 0.25) is 5.82 Å². The summed E-state index contributed by atoms with van der Waals surface area (Å²) in [5, 5.41) is 13.3. The summed E-state index contributed by atoms with van der Waals surface area (Å²) in [7, 11) is 0. The van der Waals surface area contributed by atoms with Gasteiger partial charge in [0.25, 0.3) is 0 Å². The molecule has 0 fully saturated rings. The number of nitrogens with one attached hydrogen (secondary N) is 1. The molecule has 1 unspecified atom stereocenters. The molecule has 0 aliphatic carbocycles. The van der Waals surface area contributed by atoms with Crippen LogP contribution >= 0.6 is 11.6 Å². The first-order valence-electron chi connectivity index (χ1n) is 9.12. The number of halogens is 1. The Labute approximate surface area is 165 Å². The minimum Gasteiger partial charge on any atom is -0.319 e. The molecular weight excluding hydrogens is 360 g/mol. The van der Waals surface area contributed by atoms with Crippen LogP contribution in [0.25, 0.3) is 0 Å². The molecule has 1 N–H and O–H groups in total. The minimum absolute atomic E-state index is 0.0794. The highest BCUT2D eigenvalue weighted by Crippen LogP contribution is 2.18. The van der Waals surface area contributed by atoms with Crippen molar-refractivity contribution in [3.8, 4) is 0 Å². The first-order valence-corrected chi connectivity index (χ1v) is 9.49. The summed E-state index contributed by atoms with van der Waals surface area (Å²) >= 11 is 6.43. The fourth-order valence-electron chi connectivity index (χ4n) is 3.14. The number of tetrazole rings is 1. The van der Waals surface area contributed by atoms with E-state index in [1.165, 1.54) is 10.5 Å². The summed E-state index contributed by atoms with van der Waals surface area (Å²) in [6, 6.07) is 12.1. The fraction of sp³-hybridized carbons (Fsp3) is 0.400. The second-order valence-electron chi connectivity index (χ2n) is 7.81. The van der Waals surface area contributed by atoms with Crippen LogP contribution in [0.1, 0.15) is 50.7 Å². The Balaban J connectivity index is 1.94. The lowest BCUT2D eigenvalue weighted by Crippen LogP contribution is -3.09. The maximum Gasteiger partial charge on any atom is 0.209 e. The summed E-state index contributed by atoms with van der Waals surface area (Å²) < 4.78 is 1.91. The molecule has 2 aromatic heterocycles. The molecule has 0 bridgehead atoms. The van der Waals surface area contributed by atoms with Gasteiger partial charge in [-0.1, -0.05) is 35.9 Å². The lowest BCUT2D eigenvalue weighted by Gasteiger charge is -2.28. The van der Waals surface area contributed by atoms with Crippen molar-refractivity contribution < 1.29 is 4.90 Å². The molecule has 2 atom stereocenters. The average molecular weight is 386 g/mol. The number of hydrogen-bond donors (Lipinski definition) is 1. The molecule has 2 heterocycles.